The Morgan fingerprint density at radius 3 is 3.00 bits per heavy atom. The summed E-state index contributed by atoms with van der Waals surface area (Å²) in [5.74, 6) is -0.0619. The lowest BCUT2D eigenvalue weighted by molar-refractivity contribution is 0.0930. The van der Waals surface area contributed by atoms with Crippen LogP contribution in [0, 0.1) is 0 Å². The molecule has 17 heavy (non-hydrogen) atoms. The van der Waals surface area contributed by atoms with Crippen molar-refractivity contribution in [2.45, 2.75) is 18.9 Å². The van der Waals surface area contributed by atoms with Gasteiger partial charge in [-0.25, -0.2) is 0 Å². The molecule has 1 saturated heterocycles. The number of nitrogens with one attached hydrogen (secondary N) is 2. The molecule has 0 unspecified atom stereocenters. The SMILES string of the molecule is O=C(N[C@@H]1CCCNC1)c1ccc(Br)c(Cl)c1. The number of benzene rings is 1. The van der Waals surface area contributed by atoms with E-state index in [9.17, 15) is 4.79 Å². The molecule has 0 aromatic heterocycles. The van der Waals surface area contributed by atoms with Gasteiger partial charge in [-0.1, -0.05) is 11.6 Å². The Kier molecular flexibility index (Phi) is 4.42. The molecule has 1 fully saturated rings. The van der Waals surface area contributed by atoms with Gasteiger partial charge in [-0.3, -0.25) is 4.79 Å². The maximum atomic E-state index is 12.0. The van der Waals surface area contributed by atoms with E-state index < -0.39 is 0 Å². The number of amides is 1. The second kappa shape index (κ2) is 5.85. The minimum absolute atomic E-state index is 0.0619. The van der Waals surface area contributed by atoms with Crippen molar-refractivity contribution >= 4 is 33.4 Å². The highest BCUT2D eigenvalue weighted by Gasteiger charge is 2.16. The van der Waals surface area contributed by atoms with E-state index in [-0.39, 0.29) is 11.9 Å². The Morgan fingerprint density at radius 1 is 1.53 bits per heavy atom. The molecule has 0 radical (unpaired) electrons. The van der Waals surface area contributed by atoms with E-state index in [4.69, 9.17) is 11.6 Å². The van der Waals surface area contributed by atoms with Gasteiger partial charge in [0.15, 0.2) is 0 Å². The van der Waals surface area contributed by atoms with Crippen LogP contribution in [0.4, 0.5) is 0 Å². The molecule has 1 aliphatic heterocycles. The van der Waals surface area contributed by atoms with Gasteiger partial charge in [-0.2, -0.15) is 0 Å². The van der Waals surface area contributed by atoms with Crippen molar-refractivity contribution in [1.82, 2.24) is 10.6 Å². The number of hydrogen-bond donors (Lipinski definition) is 2. The summed E-state index contributed by atoms with van der Waals surface area (Å²) in [5.41, 5.74) is 0.601. The number of carbonyl (C=O) groups is 1. The Balaban J connectivity index is 2.01. The third-order valence-electron chi connectivity index (χ3n) is 2.81. The number of halogens is 2. The average molecular weight is 318 g/mol. The molecule has 1 aromatic rings. The van der Waals surface area contributed by atoms with E-state index in [1.165, 1.54) is 0 Å². The van der Waals surface area contributed by atoms with Gasteiger partial charge in [0, 0.05) is 22.6 Å². The molecule has 0 aliphatic carbocycles. The molecule has 1 atom stereocenters. The lowest BCUT2D eigenvalue weighted by atomic mass is 10.1. The van der Waals surface area contributed by atoms with Crippen molar-refractivity contribution in [1.29, 1.82) is 0 Å². The highest BCUT2D eigenvalue weighted by atomic mass is 79.9. The molecule has 3 nitrogen and oxygen atoms in total. The van der Waals surface area contributed by atoms with Gasteiger partial charge in [-0.05, 0) is 53.5 Å². The van der Waals surface area contributed by atoms with Crippen LogP contribution in [0.15, 0.2) is 22.7 Å². The zero-order valence-corrected chi connectivity index (χ0v) is 11.6. The van der Waals surface area contributed by atoms with E-state index in [0.29, 0.717) is 10.6 Å². The maximum Gasteiger partial charge on any atom is 0.251 e. The van der Waals surface area contributed by atoms with Gasteiger partial charge >= 0.3 is 0 Å². The van der Waals surface area contributed by atoms with E-state index in [2.05, 4.69) is 26.6 Å². The fraction of sp³-hybridized carbons (Fsp3) is 0.417. The summed E-state index contributed by atoms with van der Waals surface area (Å²) in [4.78, 5) is 12.0. The first-order valence-corrected chi connectivity index (χ1v) is 6.80. The standard InChI is InChI=1S/C12H14BrClN2O/c13-10-4-3-8(6-11(10)14)12(17)16-9-2-1-5-15-7-9/h3-4,6,9,15H,1-2,5,7H2,(H,16,17)/t9-/m1/s1. The topological polar surface area (TPSA) is 41.1 Å². The van der Waals surface area contributed by atoms with Crippen molar-refractivity contribution in [3.8, 4) is 0 Å². The predicted molar refractivity (Wildman–Crippen MR) is 72.5 cm³/mol. The smallest absolute Gasteiger partial charge is 0.251 e. The second-order valence-electron chi connectivity index (χ2n) is 4.15. The highest BCUT2D eigenvalue weighted by Crippen LogP contribution is 2.23. The molecule has 1 heterocycles. The molecule has 2 N–H and O–H groups in total. The molecule has 1 amide bonds. The fourth-order valence-electron chi connectivity index (χ4n) is 1.88. The quantitative estimate of drug-likeness (QED) is 0.880. The van der Waals surface area contributed by atoms with Crippen molar-refractivity contribution in [2.75, 3.05) is 13.1 Å². The molecule has 0 saturated carbocycles. The molecule has 0 spiro atoms. The first-order valence-electron chi connectivity index (χ1n) is 5.63. The van der Waals surface area contributed by atoms with Gasteiger partial charge < -0.3 is 10.6 Å². The molecule has 5 heteroatoms. The molecule has 1 aromatic carbocycles. The van der Waals surface area contributed by atoms with Crippen molar-refractivity contribution in [2.24, 2.45) is 0 Å². The lowest BCUT2D eigenvalue weighted by Crippen LogP contribution is -2.45. The monoisotopic (exact) mass is 316 g/mol. The Morgan fingerprint density at radius 2 is 2.35 bits per heavy atom. The van der Waals surface area contributed by atoms with Gasteiger partial charge in [0.05, 0.1) is 5.02 Å². The summed E-state index contributed by atoms with van der Waals surface area (Å²) in [6, 6.07) is 5.45. The van der Waals surface area contributed by atoms with E-state index >= 15 is 0 Å². The largest absolute Gasteiger partial charge is 0.348 e. The summed E-state index contributed by atoms with van der Waals surface area (Å²) >= 11 is 9.26. The van der Waals surface area contributed by atoms with E-state index in [1.807, 2.05) is 0 Å². The first kappa shape index (κ1) is 12.9. The molecule has 0 bridgehead atoms. The van der Waals surface area contributed by atoms with Crippen LogP contribution in [-0.4, -0.2) is 25.0 Å². The number of rotatable bonds is 2. The van der Waals surface area contributed by atoms with Crippen molar-refractivity contribution < 1.29 is 4.79 Å². The highest BCUT2D eigenvalue weighted by molar-refractivity contribution is 9.10. The van der Waals surface area contributed by atoms with E-state index in [1.54, 1.807) is 18.2 Å². The van der Waals surface area contributed by atoms with Gasteiger partial charge in [0.1, 0.15) is 0 Å². The lowest BCUT2D eigenvalue weighted by Gasteiger charge is -2.23. The molecular weight excluding hydrogens is 304 g/mol. The molecule has 92 valence electrons. The van der Waals surface area contributed by atoms with Crippen LogP contribution in [0.3, 0.4) is 0 Å². The van der Waals surface area contributed by atoms with Crippen LogP contribution in [0.2, 0.25) is 5.02 Å². The Hall–Kier alpha value is -0.580. The minimum Gasteiger partial charge on any atom is -0.348 e. The van der Waals surface area contributed by atoms with Crippen LogP contribution in [-0.2, 0) is 0 Å². The number of piperidine rings is 1. The zero-order chi connectivity index (χ0) is 12.3. The second-order valence-corrected chi connectivity index (χ2v) is 5.41. The van der Waals surface area contributed by atoms with Crippen LogP contribution in [0.25, 0.3) is 0 Å². The summed E-state index contributed by atoms with van der Waals surface area (Å²) in [7, 11) is 0. The average Bonchev–Trinajstić information content (AvgIpc) is 2.34. The summed E-state index contributed by atoms with van der Waals surface area (Å²) in [5, 5.41) is 6.83. The molecule has 2 rings (SSSR count). The van der Waals surface area contributed by atoms with Crippen LogP contribution >= 0.6 is 27.5 Å². The van der Waals surface area contributed by atoms with Gasteiger partial charge in [0.2, 0.25) is 0 Å². The van der Waals surface area contributed by atoms with Crippen molar-refractivity contribution in [3.05, 3.63) is 33.3 Å². The number of hydrogen-bond acceptors (Lipinski definition) is 2. The first-order chi connectivity index (χ1) is 8.16. The fourth-order valence-corrected chi connectivity index (χ4v) is 2.31. The van der Waals surface area contributed by atoms with Crippen LogP contribution < -0.4 is 10.6 Å². The summed E-state index contributed by atoms with van der Waals surface area (Å²) < 4.78 is 0.801. The Labute approximate surface area is 114 Å². The predicted octanol–water partition coefficient (Wildman–Crippen LogP) is 2.58. The van der Waals surface area contributed by atoms with Crippen molar-refractivity contribution in [3.63, 3.8) is 0 Å². The molecular formula is C12H14BrClN2O. The number of carbonyl (C=O) groups excluding carboxylic acids is 1. The maximum absolute atomic E-state index is 12.0. The normalized spacial score (nSPS) is 20.0. The zero-order valence-electron chi connectivity index (χ0n) is 9.30. The minimum atomic E-state index is -0.0619. The van der Waals surface area contributed by atoms with Crippen LogP contribution in [0.1, 0.15) is 23.2 Å². The summed E-state index contributed by atoms with van der Waals surface area (Å²) in [6.07, 6.45) is 2.13. The third-order valence-corrected chi connectivity index (χ3v) is 4.05. The third kappa shape index (κ3) is 3.44. The van der Waals surface area contributed by atoms with Gasteiger partial charge in [-0.15, -0.1) is 0 Å². The van der Waals surface area contributed by atoms with Gasteiger partial charge in [0.25, 0.3) is 5.91 Å². The Bertz CT molecular complexity index is 419. The summed E-state index contributed by atoms with van der Waals surface area (Å²) in [6.45, 7) is 1.88. The van der Waals surface area contributed by atoms with Crippen LogP contribution in [0.5, 0.6) is 0 Å². The van der Waals surface area contributed by atoms with E-state index in [0.717, 1.165) is 30.4 Å². The molecule has 1 aliphatic rings.